The molecule has 2 aliphatic rings. The molecule has 0 spiro atoms. The van der Waals surface area contributed by atoms with Crippen molar-refractivity contribution in [2.45, 2.75) is 19.1 Å². The van der Waals surface area contributed by atoms with Crippen LogP contribution in [0.25, 0.3) is 21.8 Å². The van der Waals surface area contributed by atoms with Crippen molar-refractivity contribution in [2.24, 2.45) is 5.92 Å². The van der Waals surface area contributed by atoms with Crippen molar-refractivity contribution in [1.82, 2.24) is 9.88 Å². The molecule has 0 N–H and O–H groups in total. The van der Waals surface area contributed by atoms with Crippen LogP contribution in [0.1, 0.15) is 22.5 Å². The Morgan fingerprint density at radius 3 is 2.33 bits per heavy atom. The SMILES string of the molecule is O=C(c1sc(-c2ccccc2)nc1-c1ccccc1)N1CCCC(C2OCCO2)C1. The number of likely N-dealkylation sites (tertiary alicyclic amines) is 1. The molecule has 2 saturated heterocycles. The van der Waals surface area contributed by atoms with Crippen LogP contribution in [0.4, 0.5) is 0 Å². The van der Waals surface area contributed by atoms with Gasteiger partial charge in [-0.2, -0.15) is 0 Å². The summed E-state index contributed by atoms with van der Waals surface area (Å²) in [5, 5.41) is 0.869. The van der Waals surface area contributed by atoms with Crippen LogP contribution in [0, 0.1) is 5.92 Å². The fourth-order valence-electron chi connectivity index (χ4n) is 4.17. The summed E-state index contributed by atoms with van der Waals surface area (Å²) in [6.07, 6.45) is 1.80. The van der Waals surface area contributed by atoms with Gasteiger partial charge in [0.05, 0.1) is 18.9 Å². The molecular weight excluding hydrogens is 396 g/mol. The summed E-state index contributed by atoms with van der Waals surface area (Å²) in [4.78, 5) is 21.2. The molecule has 6 heteroatoms. The Balaban J connectivity index is 1.47. The first-order chi connectivity index (χ1) is 14.8. The number of piperidine rings is 1. The van der Waals surface area contributed by atoms with Gasteiger partial charge in [-0.05, 0) is 12.8 Å². The molecular formula is C24H24N2O3S. The Kier molecular flexibility index (Phi) is 5.62. The number of thiazole rings is 1. The number of benzene rings is 2. The Hall–Kier alpha value is -2.54. The minimum atomic E-state index is -0.185. The maximum absolute atomic E-state index is 13.6. The molecule has 0 aliphatic carbocycles. The molecule has 1 unspecified atom stereocenters. The Labute approximate surface area is 180 Å². The van der Waals surface area contributed by atoms with Gasteiger partial charge in [-0.3, -0.25) is 4.79 Å². The highest BCUT2D eigenvalue weighted by Crippen LogP contribution is 2.36. The lowest BCUT2D eigenvalue weighted by Gasteiger charge is -2.34. The normalized spacial score (nSPS) is 19.9. The molecule has 1 aromatic heterocycles. The van der Waals surface area contributed by atoms with Crippen LogP contribution in [-0.2, 0) is 9.47 Å². The van der Waals surface area contributed by atoms with Crippen molar-refractivity contribution in [3.63, 3.8) is 0 Å². The lowest BCUT2D eigenvalue weighted by molar-refractivity contribution is -0.0968. The van der Waals surface area contributed by atoms with E-state index in [-0.39, 0.29) is 18.1 Å². The topological polar surface area (TPSA) is 51.7 Å². The molecule has 1 amide bonds. The standard InChI is InChI=1S/C24H24N2O3S/c27-23(26-13-7-12-19(16-26)24-28-14-15-29-24)21-20(17-8-3-1-4-9-17)25-22(30-21)18-10-5-2-6-11-18/h1-6,8-11,19,24H,7,12-16H2. The molecule has 0 radical (unpaired) electrons. The number of aromatic nitrogens is 1. The smallest absolute Gasteiger partial charge is 0.266 e. The lowest BCUT2D eigenvalue weighted by atomic mass is 9.97. The summed E-state index contributed by atoms with van der Waals surface area (Å²) in [5.74, 6) is 0.281. The molecule has 0 bridgehead atoms. The van der Waals surface area contributed by atoms with Crippen LogP contribution in [0.15, 0.2) is 60.7 Å². The number of amides is 1. The molecule has 5 nitrogen and oxygen atoms in total. The first kappa shape index (κ1) is 19.4. The van der Waals surface area contributed by atoms with E-state index >= 15 is 0 Å². The van der Waals surface area contributed by atoms with Gasteiger partial charge in [0, 0.05) is 30.1 Å². The lowest BCUT2D eigenvalue weighted by Crippen LogP contribution is -2.43. The molecule has 30 heavy (non-hydrogen) atoms. The molecule has 2 aliphatic heterocycles. The zero-order valence-electron chi connectivity index (χ0n) is 16.7. The zero-order chi connectivity index (χ0) is 20.3. The third-order valence-electron chi connectivity index (χ3n) is 5.67. The largest absolute Gasteiger partial charge is 0.350 e. The first-order valence-electron chi connectivity index (χ1n) is 10.4. The summed E-state index contributed by atoms with van der Waals surface area (Å²) in [5.41, 5.74) is 2.76. The van der Waals surface area contributed by atoms with E-state index in [9.17, 15) is 4.79 Å². The molecule has 0 saturated carbocycles. The van der Waals surface area contributed by atoms with Gasteiger partial charge in [-0.25, -0.2) is 4.98 Å². The Bertz CT molecular complexity index is 1000. The van der Waals surface area contributed by atoms with Crippen LogP contribution in [-0.4, -0.2) is 48.4 Å². The van der Waals surface area contributed by atoms with Gasteiger partial charge in [0.1, 0.15) is 9.88 Å². The van der Waals surface area contributed by atoms with E-state index in [1.165, 1.54) is 11.3 Å². The van der Waals surface area contributed by atoms with E-state index in [4.69, 9.17) is 14.5 Å². The average molecular weight is 421 g/mol. The minimum absolute atomic E-state index is 0.0521. The summed E-state index contributed by atoms with van der Waals surface area (Å²) in [6, 6.07) is 20.0. The van der Waals surface area contributed by atoms with Gasteiger partial charge < -0.3 is 14.4 Å². The molecule has 5 rings (SSSR count). The monoisotopic (exact) mass is 420 g/mol. The highest BCUT2D eigenvalue weighted by molar-refractivity contribution is 7.17. The van der Waals surface area contributed by atoms with Crippen molar-refractivity contribution in [3.05, 3.63) is 65.5 Å². The van der Waals surface area contributed by atoms with Crippen LogP contribution < -0.4 is 0 Å². The fourth-order valence-corrected chi connectivity index (χ4v) is 5.23. The van der Waals surface area contributed by atoms with Gasteiger partial charge in [0.2, 0.25) is 0 Å². The molecule has 154 valence electrons. The Morgan fingerprint density at radius 2 is 1.63 bits per heavy atom. The number of carbonyl (C=O) groups excluding carboxylic acids is 1. The van der Waals surface area contributed by atoms with Gasteiger partial charge >= 0.3 is 0 Å². The zero-order valence-corrected chi connectivity index (χ0v) is 17.5. The average Bonchev–Trinajstić information content (AvgIpc) is 3.51. The molecule has 2 fully saturated rings. The van der Waals surface area contributed by atoms with Gasteiger partial charge in [0.25, 0.3) is 5.91 Å². The first-order valence-corrected chi connectivity index (χ1v) is 11.3. The van der Waals surface area contributed by atoms with Crippen LogP contribution in [0.5, 0.6) is 0 Å². The maximum Gasteiger partial charge on any atom is 0.266 e. The van der Waals surface area contributed by atoms with E-state index < -0.39 is 0 Å². The summed E-state index contributed by atoms with van der Waals surface area (Å²) >= 11 is 1.48. The summed E-state index contributed by atoms with van der Waals surface area (Å²) in [7, 11) is 0. The van der Waals surface area contributed by atoms with E-state index in [0.717, 1.165) is 41.2 Å². The van der Waals surface area contributed by atoms with Crippen LogP contribution >= 0.6 is 11.3 Å². The molecule has 2 aromatic carbocycles. The van der Waals surface area contributed by atoms with Crippen molar-refractivity contribution in [1.29, 1.82) is 0 Å². The third kappa shape index (κ3) is 3.90. The number of hydrogen-bond donors (Lipinski definition) is 0. The molecule has 3 aromatic rings. The number of carbonyl (C=O) groups is 1. The number of ether oxygens (including phenoxy) is 2. The molecule has 1 atom stereocenters. The Morgan fingerprint density at radius 1 is 0.967 bits per heavy atom. The van der Waals surface area contributed by atoms with E-state index in [1.54, 1.807) is 0 Å². The predicted molar refractivity (Wildman–Crippen MR) is 117 cm³/mol. The number of rotatable bonds is 4. The van der Waals surface area contributed by atoms with Crippen molar-refractivity contribution in [2.75, 3.05) is 26.3 Å². The van der Waals surface area contributed by atoms with Crippen molar-refractivity contribution >= 4 is 17.2 Å². The highest BCUT2D eigenvalue weighted by atomic mass is 32.1. The number of hydrogen-bond acceptors (Lipinski definition) is 5. The quantitative estimate of drug-likeness (QED) is 0.614. The minimum Gasteiger partial charge on any atom is -0.350 e. The fraction of sp³-hybridized carbons (Fsp3) is 0.333. The van der Waals surface area contributed by atoms with Crippen molar-refractivity contribution < 1.29 is 14.3 Å². The number of nitrogens with zero attached hydrogens (tertiary/aromatic N) is 2. The highest BCUT2D eigenvalue weighted by Gasteiger charge is 2.34. The summed E-state index contributed by atoms with van der Waals surface area (Å²) in [6.45, 7) is 2.70. The second-order valence-electron chi connectivity index (χ2n) is 7.69. The van der Waals surface area contributed by atoms with Crippen molar-refractivity contribution in [3.8, 4) is 21.8 Å². The van der Waals surface area contributed by atoms with Crippen LogP contribution in [0.2, 0.25) is 0 Å². The van der Waals surface area contributed by atoms with Crippen LogP contribution in [0.3, 0.4) is 0 Å². The summed E-state index contributed by atoms with van der Waals surface area (Å²) < 4.78 is 11.4. The predicted octanol–water partition coefficient (Wildman–Crippen LogP) is 4.70. The van der Waals surface area contributed by atoms with E-state index in [1.807, 2.05) is 65.6 Å². The van der Waals surface area contributed by atoms with Gasteiger partial charge in [0.15, 0.2) is 6.29 Å². The van der Waals surface area contributed by atoms with Gasteiger partial charge in [-0.1, -0.05) is 60.7 Å². The second-order valence-corrected chi connectivity index (χ2v) is 8.69. The molecule has 3 heterocycles. The van der Waals surface area contributed by atoms with E-state index in [2.05, 4.69) is 0 Å². The third-order valence-corrected chi connectivity index (χ3v) is 6.76. The van der Waals surface area contributed by atoms with Gasteiger partial charge in [-0.15, -0.1) is 11.3 Å². The van der Waals surface area contributed by atoms with E-state index in [0.29, 0.717) is 24.6 Å². The second kappa shape index (κ2) is 8.68. The maximum atomic E-state index is 13.6.